The first-order chi connectivity index (χ1) is 15.0. The van der Waals surface area contributed by atoms with Gasteiger partial charge in [0.25, 0.3) is 0 Å². The zero-order valence-electron chi connectivity index (χ0n) is 18.8. The summed E-state index contributed by atoms with van der Waals surface area (Å²) in [6, 6.07) is 7.06. The number of esters is 1. The van der Waals surface area contributed by atoms with Crippen LogP contribution in [0.2, 0.25) is 0 Å². The molecule has 0 aromatic heterocycles. The maximum atomic E-state index is 12.7. The Labute approximate surface area is 206 Å². The normalized spacial score (nSPS) is 16.0. The number of methoxy groups -OCH3 is 1. The van der Waals surface area contributed by atoms with Crippen LogP contribution in [-0.2, 0) is 9.53 Å². The highest BCUT2D eigenvalue weighted by molar-refractivity contribution is 14.0. The van der Waals surface area contributed by atoms with E-state index in [4.69, 9.17) is 0 Å². The van der Waals surface area contributed by atoms with Crippen LogP contribution in [0.5, 0.6) is 5.75 Å². The number of hydrogen-bond acceptors (Lipinski definition) is 5. The van der Waals surface area contributed by atoms with Gasteiger partial charge in [0.05, 0.1) is 12.8 Å². The molecule has 1 fully saturated rings. The van der Waals surface area contributed by atoms with Crippen LogP contribution in [0.15, 0.2) is 29.3 Å². The van der Waals surface area contributed by atoms with E-state index >= 15 is 0 Å². The number of unbranched alkanes of at least 4 members (excludes halogenated alkanes) is 3. The van der Waals surface area contributed by atoms with Crippen molar-refractivity contribution in [3.8, 4) is 5.75 Å². The molecular weight excluding hydrogens is 533 g/mol. The van der Waals surface area contributed by atoms with Crippen LogP contribution in [0.3, 0.4) is 0 Å². The number of alkyl halides is 2. The van der Waals surface area contributed by atoms with E-state index in [1.165, 1.54) is 7.11 Å². The number of hydrogen-bond donors (Lipinski definition) is 2. The van der Waals surface area contributed by atoms with Crippen molar-refractivity contribution in [3.05, 3.63) is 24.3 Å². The van der Waals surface area contributed by atoms with E-state index in [2.05, 4.69) is 30.0 Å². The molecule has 7 nitrogen and oxygen atoms in total. The molecule has 182 valence electrons. The minimum atomic E-state index is -2.84. The molecule has 1 saturated heterocycles. The van der Waals surface area contributed by atoms with Crippen LogP contribution >= 0.6 is 24.0 Å². The van der Waals surface area contributed by atoms with E-state index in [0.29, 0.717) is 25.2 Å². The van der Waals surface area contributed by atoms with Gasteiger partial charge >= 0.3 is 12.6 Å². The number of ether oxygens (including phenoxy) is 2. The molecule has 0 bridgehead atoms. The smallest absolute Gasteiger partial charge is 0.387 e. The van der Waals surface area contributed by atoms with Gasteiger partial charge in [-0.15, -0.1) is 24.0 Å². The molecule has 2 N–H and O–H groups in total. The van der Waals surface area contributed by atoms with Gasteiger partial charge in [-0.2, -0.15) is 8.78 Å². The third kappa shape index (κ3) is 10.2. The highest BCUT2D eigenvalue weighted by atomic mass is 127. The summed E-state index contributed by atoms with van der Waals surface area (Å²) in [6.07, 6.45) is 5.12. The molecule has 0 radical (unpaired) electrons. The van der Waals surface area contributed by atoms with Gasteiger partial charge in [0.1, 0.15) is 5.75 Å². The number of aliphatic imine (C=N–C) groups is 1. The van der Waals surface area contributed by atoms with E-state index in [-0.39, 0.29) is 41.7 Å². The fourth-order valence-electron chi connectivity index (χ4n) is 3.55. The van der Waals surface area contributed by atoms with E-state index in [1.54, 1.807) is 18.2 Å². The van der Waals surface area contributed by atoms with Crippen molar-refractivity contribution in [2.75, 3.05) is 38.2 Å². The molecule has 1 aliphatic heterocycles. The van der Waals surface area contributed by atoms with Crippen LogP contribution in [0.1, 0.15) is 45.4 Å². The van der Waals surface area contributed by atoms with Gasteiger partial charge in [-0.05, 0) is 38.3 Å². The number of halogens is 3. The Morgan fingerprint density at radius 2 is 2.00 bits per heavy atom. The lowest BCUT2D eigenvalue weighted by atomic mass is 10.1. The lowest BCUT2D eigenvalue weighted by Gasteiger charge is -2.22. The number of para-hydroxylation sites is 2. The monoisotopic (exact) mass is 568 g/mol. The Balaban J connectivity index is 0.00000512. The highest BCUT2D eigenvalue weighted by Gasteiger charge is 2.26. The molecule has 1 heterocycles. The van der Waals surface area contributed by atoms with E-state index < -0.39 is 6.61 Å². The third-order valence-corrected chi connectivity index (χ3v) is 5.08. The van der Waals surface area contributed by atoms with Gasteiger partial charge in [0.2, 0.25) is 0 Å². The van der Waals surface area contributed by atoms with Crippen molar-refractivity contribution in [3.63, 3.8) is 0 Å². The third-order valence-electron chi connectivity index (χ3n) is 5.08. The number of nitrogens with zero attached hydrogens (tertiary/aromatic N) is 2. The summed E-state index contributed by atoms with van der Waals surface area (Å²) in [5.41, 5.74) is 0.681. The van der Waals surface area contributed by atoms with Crippen molar-refractivity contribution < 1.29 is 23.0 Å². The van der Waals surface area contributed by atoms with E-state index in [1.807, 2.05) is 13.0 Å². The summed E-state index contributed by atoms with van der Waals surface area (Å²) in [5, 5.41) is 6.71. The molecule has 1 atom stereocenters. The second-order valence-corrected chi connectivity index (χ2v) is 7.42. The number of rotatable bonds is 12. The molecule has 1 aliphatic rings. The summed E-state index contributed by atoms with van der Waals surface area (Å²) in [7, 11) is 1.41. The van der Waals surface area contributed by atoms with Gasteiger partial charge in [-0.25, -0.2) is 0 Å². The van der Waals surface area contributed by atoms with Crippen molar-refractivity contribution >= 4 is 41.6 Å². The van der Waals surface area contributed by atoms with Crippen molar-refractivity contribution in [1.29, 1.82) is 0 Å². The van der Waals surface area contributed by atoms with Gasteiger partial charge in [-0.1, -0.05) is 25.0 Å². The number of benzene rings is 1. The van der Waals surface area contributed by atoms with Crippen LogP contribution in [-0.4, -0.2) is 57.9 Å². The Kier molecular flexibility index (Phi) is 14.0. The number of carbonyl (C=O) groups is 1. The van der Waals surface area contributed by atoms with Crippen LogP contribution < -0.4 is 20.3 Å². The predicted molar refractivity (Wildman–Crippen MR) is 133 cm³/mol. The summed E-state index contributed by atoms with van der Waals surface area (Å²) in [4.78, 5) is 17.8. The number of guanidine groups is 1. The summed E-state index contributed by atoms with van der Waals surface area (Å²) in [5.74, 6) is 0.803. The Bertz CT molecular complexity index is 710. The second-order valence-electron chi connectivity index (χ2n) is 7.42. The van der Waals surface area contributed by atoms with Gasteiger partial charge in [-0.3, -0.25) is 9.79 Å². The molecular formula is C22H35F2IN4O3. The zero-order chi connectivity index (χ0) is 22.5. The Morgan fingerprint density at radius 3 is 2.72 bits per heavy atom. The van der Waals surface area contributed by atoms with Crippen molar-refractivity contribution in [2.24, 2.45) is 4.99 Å². The van der Waals surface area contributed by atoms with Gasteiger partial charge in [0, 0.05) is 38.6 Å². The summed E-state index contributed by atoms with van der Waals surface area (Å²) >= 11 is 0. The van der Waals surface area contributed by atoms with Crippen LogP contribution in [0.25, 0.3) is 0 Å². The summed E-state index contributed by atoms with van der Waals surface area (Å²) < 4.78 is 34.7. The first-order valence-electron chi connectivity index (χ1n) is 10.9. The lowest BCUT2D eigenvalue weighted by molar-refractivity contribution is -0.140. The van der Waals surface area contributed by atoms with E-state index in [9.17, 15) is 13.6 Å². The lowest BCUT2D eigenvalue weighted by Crippen LogP contribution is -2.44. The van der Waals surface area contributed by atoms with Crippen molar-refractivity contribution in [1.82, 2.24) is 10.6 Å². The fourth-order valence-corrected chi connectivity index (χ4v) is 3.55. The molecule has 2 rings (SSSR count). The van der Waals surface area contributed by atoms with Crippen molar-refractivity contribution in [2.45, 2.75) is 58.1 Å². The quantitative estimate of drug-likeness (QED) is 0.130. The van der Waals surface area contributed by atoms with Gasteiger partial charge in [0.15, 0.2) is 5.96 Å². The Hall–Kier alpha value is -1.85. The number of carbonyl (C=O) groups excluding carboxylic acids is 1. The number of nitrogens with one attached hydrogen (secondary N) is 2. The molecule has 0 amide bonds. The molecule has 0 aliphatic carbocycles. The molecule has 0 spiro atoms. The highest BCUT2D eigenvalue weighted by Crippen LogP contribution is 2.31. The number of anilines is 1. The standard InChI is InChI=1S/C22H34F2N4O3.HI/c1-3-25-22(26-14-9-5-4-6-12-20(29)30-2)27-17-13-15-28(16-17)18-10-7-8-11-19(18)31-21(23)24;/h7-8,10-11,17,21H,3-6,9,12-16H2,1-2H3,(H2,25,26,27);1H. The minimum absolute atomic E-state index is 0. The average molecular weight is 568 g/mol. The SMILES string of the molecule is CCNC(=NCCCCCCC(=O)OC)NC1CCN(c2ccccc2OC(F)F)C1.I. The molecule has 32 heavy (non-hydrogen) atoms. The maximum absolute atomic E-state index is 12.7. The fraction of sp³-hybridized carbons (Fsp3) is 0.636. The average Bonchev–Trinajstić information content (AvgIpc) is 3.21. The Morgan fingerprint density at radius 1 is 1.25 bits per heavy atom. The maximum Gasteiger partial charge on any atom is 0.387 e. The predicted octanol–water partition coefficient (Wildman–Crippen LogP) is 4.16. The van der Waals surface area contributed by atoms with E-state index in [0.717, 1.165) is 51.2 Å². The van der Waals surface area contributed by atoms with Crippen LogP contribution in [0.4, 0.5) is 14.5 Å². The molecule has 1 aromatic carbocycles. The second kappa shape index (κ2) is 15.9. The molecule has 1 aromatic rings. The molecule has 1 unspecified atom stereocenters. The minimum Gasteiger partial charge on any atom is -0.469 e. The topological polar surface area (TPSA) is 75.2 Å². The first kappa shape index (κ1) is 28.2. The molecule has 0 saturated carbocycles. The summed E-state index contributed by atoms with van der Waals surface area (Å²) in [6.45, 7) is 2.07. The van der Waals surface area contributed by atoms with Crippen LogP contribution in [0, 0.1) is 0 Å². The molecule has 10 heteroatoms. The largest absolute Gasteiger partial charge is 0.469 e. The zero-order valence-corrected chi connectivity index (χ0v) is 21.1. The first-order valence-corrected chi connectivity index (χ1v) is 10.9. The van der Waals surface area contributed by atoms with Gasteiger partial charge < -0.3 is 25.0 Å².